The first kappa shape index (κ1) is 21.0. The minimum absolute atomic E-state index is 0.0181. The molecule has 2 amide bonds. The van der Waals surface area contributed by atoms with E-state index >= 15 is 0 Å². The fourth-order valence-electron chi connectivity index (χ4n) is 4.36. The number of benzene rings is 2. The van der Waals surface area contributed by atoms with Crippen LogP contribution < -0.4 is 5.32 Å². The Labute approximate surface area is 183 Å². The molecule has 1 saturated heterocycles. The monoisotopic (exact) mass is 422 g/mol. The molecule has 2 aromatic rings. The molecule has 0 radical (unpaired) electrons. The number of nitrogens with one attached hydrogen (secondary N) is 1. The molecule has 2 fully saturated rings. The Bertz CT molecular complexity index is 845. The second-order valence-electron chi connectivity index (χ2n) is 8.27. The maximum absolute atomic E-state index is 12.7. The predicted molar refractivity (Wildman–Crippen MR) is 122 cm³/mol. The van der Waals surface area contributed by atoms with E-state index in [1.807, 2.05) is 47.4 Å². The molecule has 0 unspecified atom stereocenters. The molecule has 1 aliphatic heterocycles. The second kappa shape index (κ2) is 10.2. The quantitative estimate of drug-likeness (QED) is 0.670. The number of thioether (sulfide) groups is 1. The highest BCUT2D eigenvalue weighted by atomic mass is 32.2. The standard InChI is InChI=1S/C25H30N2O2S/c28-23-18-30-25(27(23)17-16-19-8-4-3-5-9-19)21-14-12-20(13-15-21)24(29)26-22-10-6-1-2-7-11-22/h3-5,8-9,12-15,22,25H,1-2,6-7,10-11,16-18H2,(H,26,29)/t25-/m1/s1. The summed E-state index contributed by atoms with van der Waals surface area (Å²) in [5, 5.41) is 3.24. The largest absolute Gasteiger partial charge is 0.349 e. The maximum Gasteiger partial charge on any atom is 0.251 e. The zero-order valence-corrected chi connectivity index (χ0v) is 18.2. The van der Waals surface area contributed by atoms with Crippen LogP contribution >= 0.6 is 11.8 Å². The molecule has 30 heavy (non-hydrogen) atoms. The Balaban J connectivity index is 1.38. The molecule has 2 aliphatic rings. The molecule has 1 saturated carbocycles. The van der Waals surface area contributed by atoms with Crippen molar-refractivity contribution in [3.05, 3.63) is 71.3 Å². The molecule has 0 aromatic heterocycles. The first-order valence-corrected chi connectivity index (χ1v) is 12.1. The summed E-state index contributed by atoms with van der Waals surface area (Å²) >= 11 is 1.67. The Hall–Kier alpha value is -2.27. The predicted octanol–water partition coefficient (Wildman–Crippen LogP) is 4.96. The topological polar surface area (TPSA) is 49.4 Å². The summed E-state index contributed by atoms with van der Waals surface area (Å²) in [7, 11) is 0. The van der Waals surface area contributed by atoms with E-state index in [-0.39, 0.29) is 17.2 Å². The smallest absolute Gasteiger partial charge is 0.251 e. The van der Waals surface area contributed by atoms with Crippen LogP contribution in [0.25, 0.3) is 0 Å². The summed E-state index contributed by atoms with van der Waals surface area (Å²) in [6.45, 7) is 0.713. The van der Waals surface area contributed by atoms with Gasteiger partial charge in [-0.05, 0) is 42.5 Å². The molecule has 0 bridgehead atoms. The number of rotatable bonds is 6. The lowest BCUT2D eigenvalue weighted by Gasteiger charge is -2.24. The van der Waals surface area contributed by atoms with Crippen LogP contribution in [0.4, 0.5) is 0 Å². The van der Waals surface area contributed by atoms with E-state index in [2.05, 4.69) is 17.4 Å². The van der Waals surface area contributed by atoms with Crippen LogP contribution in [0.3, 0.4) is 0 Å². The molecule has 4 nitrogen and oxygen atoms in total. The van der Waals surface area contributed by atoms with Gasteiger partial charge in [0.1, 0.15) is 5.37 Å². The van der Waals surface area contributed by atoms with Crippen molar-refractivity contribution in [1.29, 1.82) is 0 Å². The van der Waals surface area contributed by atoms with Crippen LogP contribution in [0.15, 0.2) is 54.6 Å². The Morgan fingerprint density at radius 2 is 1.67 bits per heavy atom. The van der Waals surface area contributed by atoms with Gasteiger partial charge in [-0.15, -0.1) is 11.8 Å². The van der Waals surface area contributed by atoms with Crippen LogP contribution in [0.5, 0.6) is 0 Å². The van der Waals surface area contributed by atoms with E-state index in [0.717, 1.165) is 24.8 Å². The van der Waals surface area contributed by atoms with Crippen LogP contribution in [-0.4, -0.2) is 35.1 Å². The molecular formula is C25H30N2O2S. The summed E-state index contributed by atoms with van der Waals surface area (Å²) in [6.07, 6.45) is 7.98. The summed E-state index contributed by atoms with van der Waals surface area (Å²) in [5.41, 5.74) is 3.03. The molecule has 5 heteroatoms. The number of carbonyl (C=O) groups is 2. The lowest BCUT2D eigenvalue weighted by atomic mass is 10.1. The van der Waals surface area contributed by atoms with Gasteiger partial charge in [-0.1, -0.05) is 68.1 Å². The van der Waals surface area contributed by atoms with Crippen molar-refractivity contribution in [2.45, 2.75) is 56.4 Å². The van der Waals surface area contributed by atoms with Crippen LogP contribution in [-0.2, 0) is 11.2 Å². The van der Waals surface area contributed by atoms with Crippen molar-refractivity contribution in [2.24, 2.45) is 0 Å². The summed E-state index contributed by atoms with van der Waals surface area (Å²) in [6, 6.07) is 18.4. The van der Waals surface area contributed by atoms with Crippen molar-refractivity contribution in [3.8, 4) is 0 Å². The minimum Gasteiger partial charge on any atom is -0.349 e. The van der Waals surface area contributed by atoms with Gasteiger partial charge in [-0.2, -0.15) is 0 Å². The highest BCUT2D eigenvalue weighted by Crippen LogP contribution is 2.38. The number of carbonyl (C=O) groups excluding carboxylic acids is 2. The number of amides is 2. The van der Waals surface area contributed by atoms with Gasteiger partial charge in [-0.3, -0.25) is 9.59 Å². The zero-order chi connectivity index (χ0) is 20.8. The van der Waals surface area contributed by atoms with Gasteiger partial charge in [0.25, 0.3) is 5.91 Å². The van der Waals surface area contributed by atoms with Crippen molar-refractivity contribution in [3.63, 3.8) is 0 Å². The fourth-order valence-corrected chi connectivity index (χ4v) is 5.58. The molecular weight excluding hydrogens is 392 g/mol. The van der Waals surface area contributed by atoms with E-state index in [9.17, 15) is 9.59 Å². The summed E-state index contributed by atoms with van der Waals surface area (Å²) in [4.78, 5) is 27.1. The zero-order valence-electron chi connectivity index (χ0n) is 17.4. The van der Waals surface area contributed by atoms with Crippen LogP contribution in [0.1, 0.15) is 65.4 Å². The first-order valence-electron chi connectivity index (χ1n) is 11.1. The molecule has 1 N–H and O–H groups in total. The molecule has 0 spiro atoms. The number of nitrogens with zero attached hydrogens (tertiary/aromatic N) is 1. The van der Waals surface area contributed by atoms with Gasteiger partial charge in [0.05, 0.1) is 5.75 Å². The van der Waals surface area contributed by atoms with E-state index in [4.69, 9.17) is 0 Å². The molecule has 2 aromatic carbocycles. The van der Waals surface area contributed by atoms with Gasteiger partial charge in [0.2, 0.25) is 5.91 Å². The highest BCUT2D eigenvalue weighted by molar-refractivity contribution is 8.00. The van der Waals surface area contributed by atoms with Crippen molar-refractivity contribution in [1.82, 2.24) is 10.2 Å². The average Bonchev–Trinajstić information content (AvgIpc) is 2.96. The molecule has 1 aliphatic carbocycles. The number of hydrogen-bond donors (Lipinski definition) is 1. The molecule has 1 atom stereocenters. The third kappa shape index (κ3) is 5.25. The first-order chi connectivity index (χ1) is 14.7. The molecule has 1 heterocycles. The third-order valence-corrected chi connectivity index (χ3v) is 7.36. The average molecular weight is 423 g/mol. The van der Waals surface area contributed by atoms with E-state index in [0.29, 0.717) is 23.9 Å². The number of hydrogen-bond acceptors (Lipinski definition) is 3. The third-order valence-electron chi connectivity index (χ3n) is 6.10. The Morgan fingerprint density at radius 1 is 0.967 bits per heavy atom. The van der Waals surface area contributed by atoms with Crippen molar-refractivity contribution in [2.75, 3.05) is 12.3 Å². The Kier molecular flexibility index (Phi) is 7.11. The lowest BCUT2D eigenvalue weighted by molar-refractivity contribution is -0.128. The van der Waals surface area contributed by atoms with Gasteiger partial charge >= 0.3 is 0 Å². The molecule has 4 rings (SSSR count). The normalized spacial score (nSPS) is 20.2. The lowest BCUT2D eigenvalue weighted by Crippen LogP contribution is -2.34. The van der Waals surface area contributed by atoms with Gasteiger partial charge in [0.15, 0.2) is 0 Å². The van der Waals surface area contributed by atoms with Crippen molar-refractivity contribution >= 4 is 23.6 Å². The molecule has 158 valence electrons. The second-order valence-corrected chi connectivity index (χ2v) is 9.34. The van der Waals surface area contributed by atoms with Crippen molar-refractivity contribution < 1.29 is 9.59 Å². The van der Waals surface area contributed by atoms with Gasteiger partial charge in [-0.25, -0.2) is 0 Å². The fraction of sp³-hybridized carbons (Fsp3) is 0.440. The van der Waals surface area contributed by atoms with E-state index in [1.54, 1.807) is 11.8 Å². The van der Waals surface area contributed by atoms with E-state index < -0.39 is 0 Å². The van der Waals surface area contributed by atoms with Crippen LogP contribution in [0.2, 0.25) is 0 Å². The van der Waals surface area contributed by atoms with Crippen LogP contribution in [0, 0.1) is 0 Å². The van der Waals surface area contributed by atoms with E-state index in [1.165, 1.54) is 31.2 Å². The van der Waals surface area contributed by atoms with Gasteiger partial charge < -0.3 is 10.2 Å². The maximum atomic E-state index is 12.7. The summed E-state index contributed by atoms with van der Waals surface area (Å²) in [5.74, 6) is 0.726. The summed E-state index contributed by atoms with van der Waals surface area (Å²) < 4.78 is 0. The highest BCUT2D eigenvalue weighted by Gasteiger charge is 2.32. The minimum atomic E-state index is 0.0181. The van der Waals surface area contributed by atoms with Gasteiger partial charge in [0, 0.05) is 18.2 Å². The Morgan fingerprint density at radius 3 is 2.37 bits per heavy atom. The SMILES string of the molecule is O=C(NC1CCCCCC1)c1ccc([C@H]2SCC(=O)N2CCc2ccccc2)cc1.